The van der Waals surface area contributed by atoms with Crippen LogP contribution in [-0.2, 0) is 4.79 Å². The quantitative estimate of drug-likeness (QED) is 0.928. The lowest BCUT2D eigenvalue weighted by molar-refractivity contribution is -0.127. The summed E-state index contributed by atoms with van der Waals surface area (Å²) in [6, 6.07) is 8.77. The average Bonchev–Trinajstić information content (AvgIpc) is 3.09. The van der Waals surface area contributed by atoms with Crippen molar-refractivity contribution in [2.75, 3.05) is 38.1 Å². The fourth-order valence-corrected chi connectivity index (χ4v) is 3.74. The number of piperidine rings is 1. The van der Waals surface area contributed by atoms with E-state index in [0.717, 1.165) is 25.9 Å². The first-order chi connectivity index (χ1) is 11.1. The van der Waals surface area contributed by atoms with E-state index >= 15 is 0 Å². The standard InChI is InChI=1S/C19H29N3O/c1-15(20-19(23)17-6-5-11-21(2)14-17)16-7-9-18(10-8-16)22-12-3-4-13-22/h7-10,15,17H,3-6,11-14H2,1-2H3,(H,20,23)/t15-,17-/m1/s1. The lowest BCUT2D eigenvalue weighted by Crippen LogP contribution is -2.42. The highest BCUT2D eigenvalue weighted by Gasteiger charge is 2.25. The molecule has 1 aromatic rings. The van der Waals surface area contributed by atoms with Gasteiger partial charge in [-0.05, 0) is 63.9 Å². The van der Waals surface area contributed by atoms with Crippen molar-refractivity contribution < 1.29 is 4.79 Å². The van der Waals surface area contributed by atoms with Crippen molar-refractivity contribution in [2.24, 2.45) is 5.92 Å². The van der Waals surface area contributed by atoms with Crippen molar-refractivity contribution in [3.8, 4) is 0 Å². The highest BCUT2D eigenvalue weighted by Crippen LogP contribution is 2.23. The highest BCUT2D eigenvalue weighted by molar-refractivity contribution is 5.79. The number of anilines is 1. The number of hydrogen-bond donors (Lipinski definition) is 1. The fourth-order valence-electron chi connectivity index (χ4n) is 3.74. The molecule has 0 aromatic heterocycles. The lowest BCUT2D eigenvalue weighted by Gasteiger charge is -2.29. The second kappa shape index (κ2) is 7.35. The van der Waals surface area contributed by atoms with Crippen LogP contribution in [0.5, 0.6) is 0 Å². The molecular formula is C19H29N3O. The molecule has 0 unspecified atom stereocenters. The van der Waals surface area contributed by atoms with E-state index in [9.17, 15) is 4.79 Å². The van der Waals surface area contributed by atoms with Gasteiger partial charge in [-0.1, -0.05) is 12.1 Å². The first kappa shape index (κ1) is 16.3. The number of nitrogens with zero attached hydrogens (tertiary/aromatic N) is 2. The van der Waals surface area contributed by atoms with Gasteiger partial charge in [0.25, 0.3) is 0 Å². The lowest BCUT2D eigenvalue weighted by atomic mass is 9.97. The van der Waals surface area contributed by atoms with Crippen molar-refractivity contribution in [3.05, 3.63) is 29.8 Å². The molecule has 4 nitrogen and oxygen atoms in total. The smallest absolute Gasteiger partial charge is 0.224 e. The molecule has 2 fully saturated rings. The minimum absolute atomic E-state index is 0.0716. The molecule has 0 aliphatic carbocycles. The zero-order valence-corrected chi connectivity index (χ0v) is 14.4. The summed E-state index contributed by atoms with van der Waals surface area (Å²) in [4.78, 5) is 17.1. The van der Waals surface area contributed by atoms with Crippen molar-refractivity contribution in [3.63, 3.8) is 0 Å². The van der Waals surface area contributed by atoms with Crippen LogP contribution in [0, 0.1) is 5.92 Å². The summed E-state index contributed by atoms with van der Waals surface area (Å²) < 4.78 is 0. The Hall–Kier alpha value is -1.55. The Kier molecular flexibility index (Phi) is 5.21. The molecule has 0 saturated carbocycles. The Morgan fingerprint density at radius 3 is 2.48 bits per heavy atom. The maximum Gasteiger partial charge on any atom is 0.224 e. The summed E-state index contributed by atoms with van der Waals surface area (Å²) in [6.45, 7) is 6.40. The normalized spacial score (nSPS) is 23.7. The third-order valence-electron chi connectivity index (χ3n) is 5.22. The van der Waals surface area contributed by atoms with E-state index in [1.807, 2.05) is 0 Å². The molecule has 1 N–H and O–H groups in total. The summed E-state index contributed by atoms with van der Waals surface area (Å²) in [6.07, 6.45) is 4.72. The number of hydrogen-bond acceptors (Lipinski definition) is 3. The fraction of sp³-hybridized carbons (Fsp3) is 0.632. The van der Waals surface area contributed by atoms with E-state index < -0.39 is 0 Å². The number of nitrogens with one attached hydrogen (secondary N) is 1. The Morgan fingerprint density at radius 2 is 1.83 bits per heavy atom. The maximum atomic E-state index is 12.5. The number of carbonyl (C=O) groups is 1. The number of rotatable bonds is 4. The minimum atomic E-state index is 0.0716. The van der Waals surface area contributed by atoms with Crippen molar-refractivity contribution in [2.45, 2.75) is 38.6 Å². The first-order valence-electron chi connectivity index (χ1n) is 8.97. The van der Waals surface area contributed by atoms with Crippen LogP contribution in [0.25, 0.3) is 0 Å². The molecule has 0 bridgehead atoms. The Labute approximate surface area is 139 Å². The Balaban J connectivity index is 1.56. The number of carbonyl (C=O) groups excluding carboxylic acids is 1. The monoisotopic (exact) mass is 315 g/mol. The molecule has 2 aliphatic heterocycles. The van der Waals surface area contributed by atoms with Crippen LogP contribution in [-0.4, -0.2) is 44.0 Å². The largest absolute Gasteiger partial charge is 0.372 e. The molecule has 1 aromatic carbocycles. The Bertz CT molecular complexity index is 522. The van der Waals surface area contributed by atoms with Gasteiger partial charge in [-0.25, -0.2) is 0 Å². The molecule has 0 spiro atoms. The van der Waals surface area contributed by atoms with Crippen LogP contribution in [0.2, 0.25) is 0 Å². The molecular weight excluding hydrogens is 286 g/mol. The summed E-state index contributed by atoms with van der Waals surface area (Å²) in [5.74, 6) is 0.341. The molecule has 126 valence electrons. The first-order valence-corrected chi connectivity index (χ1v) is 8.97. The van der Waals surface area contributed by atoms with Gasteiger partial charge in [-0.3, -0.25) is 4.79 Å². The van der Waals surface area contributed by atoms with Crippen molar-refractivity contribution >= 4 is 11.6 Å². The van der Waals surface area contributed by atoms with Gasteiger partial charge in [0.05, 0.1) is 12.0 Å². The molecule has 4 heteroatoms. The molecule has 3 rings (SSSR count). The second-order valence-corrected chi connectivity index (χ2v) is 7.12. The van der Waals surface area contributed by atoms with Crippen LogP contribution in [0.15, 0.2) is 24.3 Å². The Morgan fingerprint density at radius 1 is 1.13 bits per heavy atom. The molecule has 2 atom stereocenters. The highest BCUT2D eigenvalue weighted by atomic mass is 16.2. The summed E-state index contributed by atoms with van der Waals surface area (Å²) >= 11 is 0. The maximum absolute atomic E-state index is 12.5. The van der Waals surface area contributed by atoms with Gasteiger partial charge in [0, 0.05) is 25.3 Å². The average molecular weight is 315 g/mol. The van der Waals surface area contributed by atoms with Crippen LogP contribution in [0.3, 0.4) is 0 Å². The second-order valence-electron chi connectivity index (χ2n) is 7.12. The summed E-state index contributed by atoms with van der Waals surface area (Å²) in [5.41, 5.74) is 2.49. The van der Waals surface area contributed by atoms with Crippen LogP contribution in [0.4, 0.5) is 5.69 Å². The molecule has 2 heterocycles. The van der Waals surface area contributed by atoms with Crippen LogP contribution in [0.1, 0.15) is 44.2 Å². The van der Waals surface area contributed by atoms with E-state index in [1.165, 1.54) is 37.2 Å². The zero-order chi connectivity index (χ0) is 16.2. The summed E-state index contributed by atoms with van der Waals surface area (Å²) in [7, 11) is 2.10. The third kappa shape index (κ3) is 4.05. The zero-order valence-electron chi connectivity index (χ0n) is 14.4. The third-order valence-corrected chi connectivity index (χ3v) is 5.22. The van der Waals surface area contributed by atoms with Crippen LogP contribution >= 0.6 is 0 Å². The van der Waals surface area contributed by atoms with E-state index in [0.29, 0.717) is 0 Å². The summed E-state index contributed by atoms with van der Waals surface area (Å²) in [5, 5.41) is 3.20. The molecule has 2 aliphatic rings. The molecule has 2 saturated heterocycles. The number of benzene rings is 1. The van der Waals surface area contributed by atoms with Crippen LogP contribution < -0.4 is 10.2 Å². The predicted octanol–water partition coefficient (Wildman–Crippen LogP) is 2.81. The van der Waals surface area contributed by atoms with Gasteiger partial charge in [-0.15, -0.1) is 0 Å². The van der Waals surface area contributed by atoms with Crippen molar-refractivity contribution in [1.82, 2.24) is 10.2 Å². The topological polar surface area (TPSA) is 35.6 Å². The van der Waals surface area contributed by atoms with E-state index in [1.54, 1.807) is 0 Å². The molecule has 23 heavy (non-hydrogen) atoms. The minimum Gasteiger partial charge on any atom is -0.372 e. The number of amides is 1. The van der Waals surface area contributed by atoms with Gasteiger partial charge in [-0.2, -0.15) is 0 Å². The van der Waals surface area contributed by atoms with E-state index in [4.69, 9.17) is 0 Å². The van der Waals surface area contributed by atoms with E-state index in [2.05, 4.69) is 53.4 Å². The van der Waals surface area contributed by atoms with Gasteiger partial charge in [0.1, 0.15) is 0 Å². The van der Waals surface area contributed by atoms with E-state index in [-0.39, 0.29) is 17.9 Å². The SMILES string of the molecule is C[C@@H](NC(=O)[C@@H]1CCCN(C)C1)c1ccc(N2CCCC2)cc1. The number of likely N-dealkylation sites (tertiary alicyclic amines) is 1. The van der Waals surface area contributed by atoms with Gasteiger partial charge < -0.3 is 15.1 Å². The predicted molar refractivity (Wildman–Crippen MR) is 94.7 cm³/mol. The molecule has 1 amide bonds. The molecule has 0 radical (unpaired) electrons. The van der Waals surface area contributed by atoms with Gasteiger partial charge in [0.2, 0.25) is 5.91 Å². The van der Waals surface area contributed by atoms with Crippen molar-refractivity contribution in [1.29, 1.82) is 0 Å². The van der Waals surface area contributed by atoms with Gasteiger partial charge in [0.15, 0.2) is 0 Å². The van der Waals surface area contributed by atoms with Gasteiger partial charge >= 0.3 is 0 Å².